The van der Waals surface area contributed by atoms with E-state index in [1.165, 1.54) is 0 Å². The molecule has 0 radical (unpaired) electrons. The van der Waals surface area contributed by atoms with Crippen molar-refractivity contribution in [3.8, 4) is 0 Å². The number of rotatable bonds is 2. The van der Waals surface area contributed by atoms with Crippen LogP contribution in [0.25, 0.3) is 0 Å². The Balaban J connectivity index is 1.68. The molecule has 2 aliphatic rings. The lowest BCUT2D eigenvalue weighted by Gasteiger charge is -2.38. The Morgan fingerprint density at radius 1 is 1.52 bits per heavy atom. The molecule has 1 N–H and O–H groups in total. The first-order valence-electron chi connectivity index (χ1n) is 7.37. The maximum absolute atomic E-state index is 12.5. The molecule has 2 aliphatic heterocycles. The van der Waals surface area contributed by atoms with Crippen LogP contribution in [0.1, 0.15) is 35.2 Å². The summed E-state index contributed by atoms with van der Waals surface area (Å²) in [5, 5.41) is 3.80. The van der Waals surface area contributed by atoms with Crippen LogP contribution in [0.4, 0.5) is 0 Å². The molecule has 2 atom stereocenters. The van der Waals surface area contributed by atoms with Crippen LogP contribution in [0.2, 0.25) is 5.02 Å². The summed E-state index contributed by atoms with van der Waals surface area (Å²) in [5.74, 6) is 2.19. The first kappa shape index (κ1) is 15.2. The molecule has 0 bridgehead atoms. The summed E-state index contributed by atoms with van der Waals surface area (Å²) in [6.07, 6.45) is 2.91. The highest BCUT2D eigenvalue weighted by Crippen LogP contribution is 2.38. The molecule has 5 heteroatoms. The number of halogens is 1. The summed E-state index contributed by atoms with van der Waals surface area (Å²) in [6.45, 7) is 2.62. The van der Waals surface area contributed by atoms with Crippen LogP contribution < -0.4 is 5.32 Å². The monoisotopic (exact) mass is 325 g/mol. The number of ether oxygens (including phenoxy) is 1. The van der Waals surface area contributed by atoms with Crippen molar-refractivity contribution in [2.75, 3.05) is 18.1 Å². The summed E-state index contributed by atoms with van der Waals surface area (Å²) in [6, 6.07) is 5.66. The summed E-state index contributed by atoms with van der Waals surface area (Å²) in [7, 11) is 0. The third kappa shape index (κ3) is 3.22. The van der Waals surface area contributed by atoms with Crippen molar-refractivity contribution < 1.29 is 9.53 Å². The van der Waals surface area contributed by atoms with E-state index in [0.29, 0.717) is 10.6 Å². The highest BCUT2D eigenvalue weighted by molar-refractivity contribution is 7.99. The van der Waals surface area contributed by atoms with E-state index < -0.39 is 0 Å². The van der Waals surface area contributed by atoms with Gasteiger partial charge in [0.25, 0.3) is 5.91 Å². The summed E-state index contributed by atoms with van der Waals surface area (Å²) < 4.78 is 5.99. The Hall–Kier alpha value is -0.710. The predicted octanol–water partition coefficient (Wildman–Crippen LogP) is 3.43. The molecule has 2 saturated heterocycles. The molecule has 114 valence electrons. The predicted molar refractivity (Wildman–Crippen MR) is 87.3 cm³/mol. The average molecular weight is 326 g/mol. The number of hydrogen-bond acceptors (Lipinski definition) is 3. The van der Waals surface area contributed by atoms with E-state index in [1.807, 2.05) is 36.9 Å². The SMILES string of the molecule is Cc1c(Cl)cccc1C(=O)N[C@H]1CCO[C@@]2(CCSC2)C1. The second-order valence-electron chi connectivity index (χ2n) is 5.91. The van der Waals surface area contributed by atoms with Crippen LogP contribution in [0, 0.1) is 6.92 Å². The normalized spacial score (nSPS) is 28.8. The van der Waals surface area contributed by atoms with E-state index >= 15 is 0 Å². The van der Waals surface area contributed by atoms with Gasteiger partial charge in [-0.1, -0.05) is 17.7 Å². The average Bonchev–Trinajstić information content (AvgIpc) is 2.89. The van der Waals surface area contributed by atoms with Crippen molar-refractivity contribution in [3.05, 3.63) is 34.3 Å². The molecule has 0 aliphatic carbocycles. The van der Waals surface area contributed by atoms with Gasteiger partial charge in [-0.2, -0.15) is 11.8 Å². The van der Waals surface area contributed by atoms with Gasteiger partial charge in [-0.3, -0.25) is 4.79 Å². The van der Waals surface area contributed by atoms with Gasteiger partial charge in [0.2, 0.25) is 0 Å². The van der Waals surface area contributed by atoms with Gasteiger partial charge < -0.3 is 10.1 Å². The molecule has 21 heavy (non-hydrogen) atoms. The van der Waals surface area contributed by atoms with E-state index in [4.69, 9.17) is 16.3 Å². The number of thioether (sulfide) groups is 1. The Kier molecular flexibility index (Phi) is 4.48. The fourth-order valence-corrected chi connectivity index (χ4v) is 4.68. The number of hydrogen-bond donors (Lipinski definition) is 1. The molecule has 3 rings (SSSR count). The van der Waals surface area contributed by atoms with Crippen LogP contribution >= 0.6 is 23.4 Å². The van der Waals surface area contributed by atoms with E-state index in [-0.39, 0.29) is 17.6 Å². The Morgan fingerprint density at radius 3 is 3.14 bits per heavy atom. The van der Waals surface area contributed by atoms with Gasteiger partial charge in [0.15, 0.2) is 0 Å². The van der Waals surface area contributed by atoms with Gasteiger partial charge in [0, 0.05) is 29.0 Å². The lowest BCUT2D eigenvalue weighted by Crippen LogP contribution is -2.48. The second kappa shape index (κ2) is 6.19. The maximum atomic E-state index is 12.5. The third-order valence-corrected chi connectivity index (χ3v) is 6.04. The fraction of sp³-hybridized carbons (Fsp3) is 0.562. The van der Waals surface area contributed by atoms with Gasteiger partial charge in [0.05, 0.1) is 5.60 Å². The number of carbonyl (C=O) groups is 1. The summed E-state index contributed by atoms with van der Waals surface area (Å²) in [4.78, 5) is 12.5. The highest BCUT2D eigenvalue weighted by Gasteiger charge is 2.40. The van der Waals surface area contributed by atoms with Gasteiger partial charge >= 0.3 is 0 Å². The van der Waals surface area contributed by atoms with E-state index in [1.54, 1.807) is 0 Å². The van der Waals surface area contributed by atoms with E-state index in [2.05, 4.69) is 5.32 Å². The molecule has 1 spiro atoms. The van der Waals surface area contributed by atoms with Gasteiger partial charge in [0.1, 0.15) is 0 Å². The molecule has 1 amide bonds. The smallest absolute Gasteiger partial charge is 0.251 e. The van der Waals surface area contributed by atoms with E-state index in [0.717, 1.165) is 42.9 Å². The molecule has 2 heterocycles. The van der Waals surface area contributed by atoms with Gasteiger partial charge in [-0.25, -0.2) is 0 Å². The Morgan fingerprint density at radius 2 is 2.38 bits per heavy atom. The number of amides is 1. The van der Waals surface area contributed by atoms with Crippen LogP contribution in [0.3, 0.4) is 0 Å². The molecule has 2 fully saturated rings. The van der Waals surface area contributed by atoms with Crippen molar-refractivity contribution in [1.82, 2.24) is 5.32 Å². The van der Waals surface area contributed by atoms with Crippen LogP contribution in [0.5, 0.6) is 0 Å². The van der Waals surface area contributed by atoms with Crippen LogP contribution in [-0.4, -0.2) is 35.7 Å². The van der Waals surface area contributed by atoms with Crippen molar-refractivity contribution in [3.63, 3.8) is 0 Å². The van der Waals surface area contributed by atoms with Crippen LogP contribution in [0.15, 0.2) is 18.2 Å². The minimum absolute atomic E-state index is 0.00968. The Labute approximate surface area is 134 Å². The molecule has 0 unspecified atom stereocenters. The van der Waals surface area contributed by atoms with Crippen molar-refractivity contribution in [2.24, 2.45) is 0 Å². The first-order chi connectivity index (χ1) is 10.1. The number of carbonyl (C=O) groups excluding carboxylic acids is 1. The molecule has 1 aromatic rings. The van der Waals surface area contributed by atoms with Gasteiger partial charge in [-0.05, 0) is 49.6 Å². The molecular weight excluding hydrogens is 306 g/mol. The van der Waals surface area contributed by atoms with Crippen molar-refractivity contribution in [1.29, 1.82) is 0 Å². The number of nitrogens with one attached hydrogen (secondary N) is 1. The zero-order chi connectivity index (χ0) is 14.9. The van der Waals surface area contributed by atoms with E-state index in [9.17, 15) is 4.79 Å². The van der Waals surface area contributed by atoms with Crippen molar-refractivity contribution >= 4 is 29.3 Å². The summed E-state index contributed by atoms with van der Waals surface area (Å²) in [5.41, 5.74) is 1.50. The minimum atomic E-state index is -0.0253. The molecule has 1 aromatic carbocycles. The first-order valence-corrected chi connectivity index (χ1v) is 8.91. The fourth-order valence-electron chi connectivity index (χ4n) is 3.13. The largest absolute Gasteiger partial charge is 0.374 e. The lowest BCUT2D eigenvalue weighted by atomic mass is 9.89. The second-order valence-corrected chi connectivity index (χ2v) is 7.42. The number of benzene rings is 1. The maximum Gasteiger partial charge on any atom is 0.251 e. The topological polar surface area (TPSA) is 38.3 Å². The molecule has 0 aromatic heterocycles. The third-order valence-electron chi connectivity index (χ3n) is 4.41. The van der Waals surface area contributed by atoms with Gasteiger partial charge in [-0.15, -0.1) is 0 Å². The summed E-state index contributed by atoms with van der Waals surface area (Å²) >= 11 is 8.04. The van der Waals surface area contributed by atoms with Crippen LogP contribution in [-0.2, 0) is 4.74 Å². The lowest BCUT2D eigenvalue weighted by molar-refractivity contribution is -0.0688. The quantitative estimate of drug-likeness (QED) is 0.905. The highest BCUT2D eigenvalue weighted by atomic mass is 35.5. The molecular formula is C16H20ClNO2S. The zero-order valence-electron chi connectivity index (χ0n) is 12.2. The van der Waals surface area contributed by atoms with Crippen molar-refractivity contribution in [2.45, 2.75) is 37.8 Å². The standard InChI is InChI=1S/C16H20ClNO2S/c1-11-13(3-2-4-14(11)17)15(19)18-12-5-7-20-16(9-12)6-8-21-10-16/h2-4,12H,5-10H2,1H3,(H,18,19)/t12-,16-/m0/s1. The Bertz CT molecular complexity index is 543. The minimum Gasteiger partial charge on any atom is -0.374 e. The zero-order valence-corrected chi connectivity index (χ0v) is 13.7. The molecule has 0 saturated carbocycles. The molecule has 3 nitrogen and oxygen atoms in total.